The maximum atomic E-state index is 5.68. The molecule has 1 atom stereocenters. The molecule has 1 N–H and O–H groups in total. The van der Waals surface area contributed by atoms with Gasteiger partial charge in [0.05, 0.1) is 50.3 Å². The number of fused-ring (bicyclic) bond motifs is 1. The van der Waals surface area contributed by atoms with E-state index in [4.69, 9.17) is 18.6 Å². The second-order valence-corrected chi connectivity index (χ2v) is 6.04. The lowest BCUT2D eigenvalue weighted by Crippen LogP contribution is -2.10. The van der Waals surface area contributed by atoms with Crippen LogP contribution in [0.4, 0.5) is 0 Å². The number of nitrogens with zero attached hydrogens (tertiary/aromatic N) is 1. The summed E-state index contributed by atoms with van der Waals surface area (Å²) in [5.41, 5.74) is 6.83. The average molecular weight is 352 g/mol. The van der Waals surface area contributed by atoms with Crippen LogP contribution in [-0.4, -0.2) is 27.0 Å². The largest absolute Gasteiger partial charge is 0.497 e. The maximum Gasteiger partial charge on any atom is 0.142 e. The maximum absolute atomic E-state index is 5.68. The van der Waals surface area contributed by atoms with Crippen molar-refractivity contribution in [2.24, 2.45) is 5.10 Å². The van der Waals surface area contributed by atoms with Crippen molar-refractivity contribution in [3.8, 4) is 17.2 Å². The van der Waals surface area contributed by atoms with Gasteiger partial charge in [0.1, 0.15) is 22.8 Å². The number of furan rings is 1. The molecule has 2 heterocycles. The van der Waals surface area contributed by atoms with Crippen LogP contribution in [0.3, 0.4) is 0 Å². The number of hydrogen-bond acceptors (Lipinski definition) is 6. The smallest absolute Gasteiger partial charge is 0.142 e. The van der Waals surface area contributed by atoms with Crippen LogP contribution >= 0.6 is 0 Å². The number of hydrazone groups is 1. The summed E-state index contributed by atoms with van der Waals surface area (Å²) in [5.74, 6) is 2.23. The highest BCUT2D eigenvalue weighted by atomic mass is 16.5. The third kappa shape index (κ3) is 2.63. The van der Waals surface area contributed by atoms with Crippen LogP contribution in [0.1, 0.15) is 23.6 Å². The van der Waals surface area contributed by atoms with Crippen LogP contribution in [0.25, 0.3) is 11.0 Å². The second-order valence-electron chi connectivity index (χ2n) is 6.04. The van der Waals surface area contributed by atoms with E-state index in [0.29, 0.717) is 11.5 Å². The van der Waals surface area contributed by atoms with E-state index >= 15 is 0 Å². The van der Waals surface area contributed by atoms with Gasteiger partial charge in [0.25, 0.3) is 0 Å². The van der Waals surface area contributed by atoms with Gasteiger partial charge in [0.15, 0.2) is 0 Å². The minimum atomic E-state index is 0.0883. The van der Waals surface area contributed by atoms with E-state index in [0.717, 1.165) is 40.0 Å². The Morgan fingerprint density at radius 2 is 1.85 bits per heavy atom. The first kappa shape index (κ1) is 16.3. The molecule has 0 saturated heterocycles. The van der Waals surface area contributed by atoms with Crippen molar-refractivity contribution in [3.05, 3.63) is 53.8 Å². The normalized spacial score (nSPS) is 16.3. The Morgan fingerprint density at radius 3 is 2.54 bits per heavy atom. The van der Waals surface area contributed by atoms with Gasteiger partial charge >= 0.3 is 0 Å². The first-order valence-corrected chi connectivity index (χ1v) is 8.33. The standard InChI is InChI=1S/C20H20N2O4/c1-23-13-6-4-12(5-7-13)15-10-16(22-21-15)19-18(24-2)11-17-14(8-9-26-17)20(19)25-3/h4-9,11,15,21H,10H2,1-3H3. The van der Waals surface area contributed by atoms with Gasteiger partial charge in [-0.25, -0.2) is 0 Å². The summed E-state index contributed by atoms with van der Waals surface area (Å²) < 4.78 is 22.0. The SMILES string of the molecule is COc1ccc(C2CC(c3c(OC)cc4occc4c3OC)=NN2)cc1. The van der Waals surface area contributed by atoms with Crippen molar-refractivity contribution in [1.29, 1.82) is 0 Å². The van der Waals surface area contributed by atoms with E-state index in [1.807, 2.05) is 36.4 Å². The molecule has 1 aliphatic rings. The van der Waals surface area contributed by atoms with Crippen LogP contribution in [-0.2, 0) is 0 Å². The summed E-state index contributed by atoms with van der Waals surface area (Å²) in [5, 5.41) is 5.46. The van der Waals surface area contributed by atoms with Crippen LogP contribution < -0.4 is 19.6 Å². The third-order valence-corrected chi connectivity index (χ3v) is 4.66. The van der Waals surface area contributed by atoms with E-state index in [9.17, 15) is 0 Å². The third-order valence-electron chi connectivity index (χ3n) is 4.66. The quantitative estimate of drug-likeness (QED) is 0.754. The first-order valence-electron chi connectivity index (χ1n) is 8.33. The van der Waals surface area contributed by atoms with Crippen molar-refractivity contribution in [2.45, 2.75) is 12.5 Å². The summed E-state index contributed by atoms with van der Waals surface area (Å²) in [6.45, 7) is 0. The molecule has 0 radical (unpaired) electrons. The number of hydrogen-bond donors (Lipinski definition) is 1. The number of methoxy groups -OCH3 is 3. The molecule has 0 saturated carbocycles. The van der Waals surface area contributed by atoms with Crippen molar-refractivity contribution >= 4 is 16.7 Å². The summed E-state index contributed by atoms with van der Waals surface area (Å²) in [6, 6.07) is 11.8. The predicted molar refractivity (Wildman–Crippen MR) is 99.3 cm³/mol. The molecule has 3 aromatic rings. The van der Waals surface area contributed by atoms with E-state index in [2.05, 4.69) is 10.5 Å². The molecule has 0 amide bonds. The fraction of sp³-hybridized carbons (Fsp3) is 0.250. The lowest BCUT2D eigenvalue weighted by atomic mass is 9.97. The molecule has 4 rings (SSSR count). The summed E-state index contributed by atoms with van der Waals surface area (Å²) in [7, 11) is 4.94. The molecule has 0 spiro atoms. The topological polar surface area (TPSA) is 65.2 Å². The Hall–Kier alpha value is -3.15. The zero-order valence-corrected chi connectivity index (χ0v) is 14.9. The zero-order chi connectivity index (χ0) is 18.1. The van der Waals surface area contributed by atoms with Crippen molar-refractivity contribution in [1.82, 2.24) is 5.43 Å². The molecule has 134 valence electrons. The molecule has 6 heteroatoms. The predicted octanol–water partition coefficient (Wildman–Crippen LogP) is 3.90. The average Bonchev–Trinajstić information content (AvgIpc) is 3.35. The second kappa shape index (κ2) is 6.63. The van der Waals surface area contributed by atoms with Crippen LogP contribution in [0.15, 0.2) is 52.2 Å². The summed E-state index contributed by atoms with van der Waals surface area (Å²) in [6.07, 6.45) is 2.37. The number of nitrogens with one attached hydrogen (secondary N) is 1. The molecular weight excluding hydrogens is 332 g/mol. The molecule has 6 nitrogen and oxygen atoms in total. The number of benzene rings is 2. The van der Waals surface area contributed by atoms with E-state index in [1.165, 1.54) is 0 Å². The molecule has 0 aliphatic carbocycles. The van der Waals surface area contributed by atoms with Crippen LogP contribution in [0, 0.1) is 0 Å². The van der Waals surface area contributed by atoms with Gasteiger partial charge in [-0.1, -0.05) is 12.1 Å². The van der Waals surface area contributed by atoms with Gasteiger partial charge in [-0.15, -0.1) is 0 Å². The van der Waals surface area contributed by atoms with Crippen molar-refractivity contribution < 1.29 is 18.6 Å². The number of ether oxygens (including phenoxy) is 3. The van der Waals surface area contributed by atoms with Gasteiger partial charge in [0.2, 0.25) is 0 Å². The van der Waals surface area contributed by atoms with Gasteiger partial charge in [-0.3, -0.25) is 0 Å². The highest BCUT2D eigenvalue weighted by Gasteiger charge is 2.28. The first-order chi connectivity index (χ1) is 12.7. The molecule has 0 fully saturated rings. The minimum Gasteiger partial charge on any atom is -0.497 e. The number of rotatable bonds is 5. The Morgan fingerprint density at radius 1 is 1.04 bits per heavy atom. The summed E-state index contributed by atoms with van der Waals surface area (Å²) in [4.78, 5) is 0. The molecule has 1 aliphatic heterocycles. The lowest BCUT2D eigenvalue weighted by molar-refractivity contribution is 0.395. The molecule has 1 aromatic heterocycles. The van der Waals surface area contributed by atoms with Crippen LogP contribution in [0.5, 0.6) is 17.2 Å². The Balaban J connectivity index is 1.69. The molecule has 2 aromatic carbocycles. The fourth-order valence-corrected chi connectivity index (χ4v) is 3.33. The van der Waals surface area contributed by atoms with Crippen LogP contribution in [0.2, 0.25) is 0 Å². The minimum absolute atomic E-state index is 0.0883. The Kier molecular flexibility index (Phi) is 4.16. The molecule has 26 heavy (non-hydrogen) atoms. The van der Waals surface area contributed by atoms with E-state index < -0.39 is 0 Å². The monoisotopic (exact) mass is 352 g/mol. The zero-order valence-electron chi connectivity index (χ0n) is 14.9. The Labute approximate surface area is 151 Å². The van der Waals surface area contributed by atoms with Gasteiger partial charge in [-0.05, 0) is 23.8 Å². The fourth-order valence-electron chi connectivity index (χ4n) is 3.33. The Bertz CT molecular complexity index is 960. The molecule has 1 unspecified atom stereocenters. The molecular formula is C20H20N2O4. The van der Waals surface area contributed by atoms with Gasteiger partial charge in [-0.2, -0.15) is 5.10 Å². The van der Waals surface area contributed by atoms with Crippen molar-refractivity contribution in [2.75, 3.05) is 21.3 Å². The van der Waals surface area contributed by atoms with E-state index in [-0.39, 0.29) is 6.04 Å². The van der Waals surface area contributed by atoms with Crippen molar-refractivity contribution in [3.63, 3.8) is 0 Å². The van der Waals surface area contributed by atoms with Gasteiger partial charge < -0.3 is 24.1 Å². The van der Waals surface area contributed by atoms with Gasteiger partial charge in [0, 0.05) is 12.5 Å². The molecule has 0 bridgehead atoms. The van der Waals surface area contributed by atoms with E-state index in [1.54, 1.807) is 27.6 Å². The lowest BCUT2D eigenvalue weighted by Gasteiger charge is -2.14. The highest BCUT2D eigenvalue weighted by molar-refractivity contribution is 6.10. The summed E-state index contributed by atoms with van der Waals surface area (Å²) >= 11 is 0. The highest BCUT2D eigenvalue weighted by Crippen LogP contribution is 2.40.